The predicted molar refractivity (Wildman–Crippen MR) is 138 cm³/mol. The van der Waals surface area contributed by atoms with Gasteiger partial charge in [-0.05, 0) is 48.6 Å². The number of amides is 4. The summed E-state index contributed by atoms with van der Waals surface area (Å²) >= 11 is 0. The lowest BCUT2D eigenvalue weighted by molar-refractivity contribution is -0.142. The van der Waals surface area contributed by atoms with Gasteiger partial charge in [-0.1, -0.05) is 30.3 Å². The Bertz CT molecular complexity index is 1150. The number of nitrogens with one attached hydrogen (secondary N) is 3. The van der Waals surface area contributed by atoms with E-state index in [0.717, 1.165) is 28.1 Å². The SMILES string of the molecule is C=NNc1ccc(CC(NC(=O)N2CCC(N3Cc4ccccc4NC3=O)CC2)C(=O)OC)cc1C. The van der Waals surface area contributed by atoms with Crippen LogP contribution in [-0.2, 0) is 22.5 Å². The van der Waals surface area contributed by atoms with E-state index in [-0.39, 0.29) is 18.1 Å². The first-order valence-corrected chi connectivity index (χ1v) is 12.0. The summed E-state index contributed by atoms with van der Waals surface area (Å²) in [4.78, 5) is 41.6. The van der Waals surface area contributed by atoms with Gasteiger partial charge in [0, 0.05) is 44.5 Å². The molecule has 1 unspecified atom stereocenters. The fraction of sp³-hybridized carbons (Fsp3) is 0.385. The number of aryl methyl sites for hydroxylation is 1. The average molecular weight is 493 g/mol. The van der Waals surface area contributed by atoms with Gasteiger partial charge in [0.25, 0.3) is 0 Å². The molecule has 0 spiro atoms. The topological polar surface area (TPSA) is 115 Å². The van der Waals surface area contributed by atoms with Crippen LogP contribution in [-0.4, -0.2) is 66.8 Å². The van der Waals surface area contributed by atoms with Gasteiger partial charge in [0.2, 0.25) is 0 Å². The first-order valence-electron chi connectivity index (χ1n) is 12.0. The Morgan fingerprint density at radius 3 is 2.67 bits per heavy atom. The second-order valence-corrected chi connectivity index (χ2v) is 9.08. The van der Waals surface area contributed by atoms with Crippen molar-refractivity contribution in [2.24, 2.45) is 5.10 Å². The molecule has 2 aromatic carbocycles. The third-order valence-electron chi connectivity index (χ3n) is 6.77. The molecule has 190 valence electrons. The Balaban J connectivity index is 1.35. The van der Waals surface area contributed by atoms with E-state index in [4.69, 9.17) is 4.74 Å². The minimum absolute atomic E-state index is 0.0407. The van der Waals surface area contributed by atoms with Gasteiger partial charge in [-0.25, -0.2) is 14.4 Å². The van der Waals surface area contributed by atoms with Gasteiger partial charge in [-0.2, -0.15) is 5.10 Å². The van der Waals surface area contributed by atoms with Crippen molar-refractivity contribution >= 4 is 36.1 Å². The predicted octanol–water partition coefficient (Wildman–Crippen LogP) is 3.33. The van der Waals surface area contributed by atoms with Crippen molar-refractivity contribution in [1.29, 1.82) is 0 Å². The van der Waals surface area contributed by atoms with Gasteiger partial charge in [-0.3, -0.25) is 5.43 Å². The maximum absolute atomic E-state index is 13.0. The van der Waals surface area contributed by atoms with Gasteiger partial charge in [0.15, 0.2) is 0 Å². The van der Waals surface area contributed by atoms with Crippen LogP contribution in [0.1, 0.15) is 29.5 Å². The number of fused-ring (bicyclic) bond motifs is 1. The van der Waals surface area contributed by atoms with Crippen LogP contribution in [0.3, 0.4) is 0 Å². The first kappa shape index (κ1) is 25.0. The van der Waals surface area contributed by atoms with E-state index in [0.29, 0.717) is 38.9 Å². The quantitative estimate of drug-likeness (QED) is 0.312. The zero-order chi connectivity index (χ0) is 25.7. The van der Waals surface area contributed by atoms with E-state index in [1.165, 1.54) is 7.11 Å². The van der Waals surface area contributed by atoms with Crippen LogP contribution in [0.5, 0.6) is 0 Å². The van der Waals surface area contributed by atoms with Crippen molar-refractivity contribution in [1.82, 2.24) is 15.1 Å². The largest absolute Gasteiger partial charge is 0.467 e. The Labute approximate surface area is 210 Å². The highest BCUT2D eigenvalue weighted by molar-refractivity contribution is 5.92. The normalized spacial score (nSPS) is 16.4. The summed E-state index contributed by atoms with van der Waals surface area (Å²) in [5.41, 5.74) is 7.40. The molecule has 2 aliphatic heterocycles. The van der Waals surface area contributed by atoms with Crippen molar-refractivity contribution in [2.45, 2.75) is 44.8 Å². The number of hydrazone groups is 1. The van der Waals surface area contributed by atoms with E-state index < -0.39 is 12.0 Å². The number of esters is 1. The number of carbonyl (C=O) groups is 3. The van der Waals surface area contributed by atoms with E-state index in [2.05, 4.69) is 27.9 Å². The lowest BCUT2D eigenvalue weighted by Gasteiger charge is -2.40. The second kappa shape index (κ2) is 11.1. The molecule has 10 nitrogen and oxygen atoms in total. The van der Waals surface area contributed by atoms with Crippen molar-refractivity contribution < 1.29 is 19.1 Å². The lowest BCUT2D eigenvalue weighted by atomic mass is 10.0. The third kappa shape index (κ3) is 5.59. The number of hydrogen-bond donors (Lipinski definition) is 3. The monoisotopic (exact) mass is 492 g/mol. The van der Waals surface area contributed by atoms with Crippen LogP contribution < -0.4 is 16.1 Å². The summed E-state index contributed by atoms with van der Waals surface area (Å²) < 4.78 is 4.94. The first-order chi connectivity index (χ1) is 17.4. The summed E-state index contributed by atoms with van der Waals surface area (Å²) in [6.45, 7) is 6.89. The van der Waals surface area contributed by atoms with Gasteiger partial charge < -0.3 is 25.2 Å². The molecule has 2 aliphatic rings. The third-order valence-corrected chi connectivity index (χ3v) is 6.77. The van der Waals surface area contributed by atoms with Crippen LogP contribution in [0.15, 0.2) is 47.6 Å². The second-order valence-electron chi connectivity index (χ2n) is 9.08. The number of likely N-dealkylation sites (tertiary alicyclic amines) is 1. The summed E-state index contributed by atoms with van der Waals surface area (Å²) in [5, 5.41) is 9.47. The van der Waals surface area contributed by atoms with Crippen molar-refractivity contribution in [3.05, 3.63) is 59.2 Å². The highest BCUT2D eigenvalue weighted by Crippen LogP contribution is 2.27. The number of hydrogen-bond acceptors (Lipinski definition) is 6. The van der Waals surface area contributed by atoms with Crippen LogP contribution in [0.4, 0.5) is 21.0 Å². The summed E-state index contributed by atoms with van der Waals surface area (Å²) in [6, 6.07) is 12.2. The standard InChI is InChI=1S/C26H32N6O4/c1-17-14-18(8-9-21(17)30-27-2)15-23(24(33)36-3)29-25(34)31-12-10-20(11-13-31)32-16-19-6-4-5-7-22(19)28-26(32)35/h4-9,14,20,23,30H,2,10-13,15-16H2,1,3H3,(H,28,35)(H,29,34). The molecule has 0 bridgehead atoms. The van der Waals surface area contributed by atoms with E-state index in [1.54, 1.807) is 4.90 Å². The Morgan fingerprint density at radius 2 is 1.97 bits per heavy atom. The average Bonchev–Trinajstić information content (AvgIpc) is 2.89. The molecule has 36 heavy (non-hydrogen) atoms. The summed E-state index contributed by atoms with van der Waals surface area (Å²) in [6.07, 6.45) is 1.62. The van der Waals surface area contributed by atoms with Crippen molar-refractivity contribution in [3.8, 4) is 0 Å². The van der Waals surface area contributed by atoms with Gasteiger partial charge >= 0.3 is 18.0 Å². The number of ether oxygens (including phenoxy) is 1. The Kier molecular flexibility index (Phi) is 7.72. The fourth-order valence-electron chi connectivity index (χ4n) is 4.77. The molecule has 0 saturated carbocycles. The molecule has 4 amide bonds. The molecule has 0 radical (unpaired) electrons. The van der Waals surface area contributed by atoms with Crippen LogP contribution in [0, 0.1) is 6.92 Å². The number of para-hydroxylation sites is 1. The van der Waals surface area contributed by atoms with Crippen molar-refractivity contribution in [3.63, 3.8) is 0 Å². The highest BCUT2D eigenvalue weighted by atomic mass is 16.5. The number of anilines is 2. The highest BCUT2D eigenvalue weighted by Gasteiger charge is 2.33. The number of piperidine rings is 1. The smallest absolute Gasteiger partial charge is 0.328 e. The molecule has 2 heterocycles. The van der Waals surface area contributed by atoms with Gasteiger partial charge in [-0.15, -0.1) is 0 Å². The zero-order valence-corrected chi connectivity index (χ0v) is 20.6. The minimum atomic E-state index is -0.819. The zero-order valence-electron chi connectivity index (χ0n) is 20.6. The maximum Gasteiger partial charge on any atom is 0.328 e. The molecule has 2 aromatic rings. The molecule has 1 fully saturated rings. The molecule has 0 aromatic heterocycles. The number of benzene rings is 2. The van der Waals surface area contributed by atoms with E-state index in [1.807, 2.05) is 54.3 Å². The van der Waals surface area contributed by atoms with E-state index >= 15 is 0 Å². The maximum atomic E-state index is 13.0. The van der Waals surface area contributed by atoms with Crippen LogP contribution >= 0.6 is 0 Å². The molecular formula is C26H32N6O4. The van der Waals surface area contributed by atoms with Crippen molar-refractivity contribution in [2.75, 3.05) is 30.9 Å². The summed E-state index contributed by atoms with van der Waals surface area (Å²) in [5.74, 6) is -0.505. The number of urea groups is 2. The van der Waals surface area contributed by atoms with Crippen LogP contribution in [0.2, 0.25) is 0 Å². The van der Waals surface area contributed by atoms with E-state index in [9.17, 15) is 14.4 Å². The number of methoxy groups -OCH3 is 1. The molecular weight excluding hydrogens is 460 g/mol. The van der Waals surface area contributed by atoms with Crippen LogP contribution in [0.25, 0.3) is 0 Å². The fourth-order valence-corrected chi connectivity index (χ4v) is 4.77. The number of rotatable bonds is 7. The van der Waals surface area contributed by atoms with Gasteiger partial charge in [0.1, 0.15) is 6.04 Å². The Morgan fingerprint density at radius 1 is 1.22 bits per heavy atom. The minimum Gasteiger partial charge on any atom is -0.467 e. The Hall–Kier alpha value is -4.08. The molecule has 0 aliphatic carbocycles. The molecule has 1 atom stereocenters. The lowest BCUT2D eigenvalue weighted by Crippen LogP contribution is -2.54. The molecule has 1 saturated heterocycles. The molecule has 4 rings (SSSR count). The number of carbonyl (C=O) groups excluding carboxylic acids is 3. The van der Waals surface area contributed by atoms with Gasteiger partial charge in [0.05, 0.1) is 12.8 Å². The number of nitrogens with zero attached hydrogens (tertiary/aromatic N) is 3. The summed E-state index contributed by atoms with van der Waals surface area (Å²) in [7, 11) is 1.31. The molecule has 10 heteroatoms. The molecule has 3 N–H and O–H groups in total.